The second-order valence-corrected chi connectivity index (χ2v) is 3.29. The normalized spacial score (nSPS) is 11.2. The quantitative estimate of drug-likeness (QED) is 0.484. The van der Waals surface area contributed by atoms with Crippen LogP contribution in [0.1, 0.15) is 17.7 Å². The molecule has 0 aliphatic heterocycles. The molecule has 0 unspecified atom stereocenters. The molecule has 1 aromatic heterocycles. The first-order valence-corrected chi connectivity index (χ1v) is 4.74. The van der Waals surface area contributed by atoms with E-state index in [0.717, 1.165) is 0 Å². The Morgan fingerprint density at radius 2 is 2.10 bits per heavy atom. The van der Waals surface area contributed by atoms with Crippen LogP contribution in [0.15, 0.2) is 6.07 Å². The summed E-state index contributed by atoms with van der Waals surface area (Å²) in [6, 6.07) is 1.90. The van der Waals surface area contributed by atoms with Crippen LogP contribution < -0.4 is 4.74 Å². The number of ether oxygens (including phenoxy) is 1. The lowest BCUT2D eigenvalue weighted by Crippen LogP contribution is -2.19. The number of hydrogen-bond donors (Lipinski definition) is 0. The van der Waals surface area contributed by atoms with E-state index in [-0.39, 0.29) is 0 Å². The van der Waals surface area contributed by atoms with Crippen LogP contribution in [-0.4, -0.2) is 16.3 Å². The van der Waals surface area contributed by atoms with Gasteiger partial charge in [0.15, 0.2) is 17.0 Å². The third kappa shape index (κ3) is 3.74. The molecule has 11 heteroatoms. The number of aromatic nitrogens is 1. The van der Waals surface area contributed by atoms with Gasteiger partial charge in [0.1, 0.15) is 6.42 Å². The number of rotatable bonds is 4. The van der Waals surface area contributed by atoms with E-state index in [2.05, 4.69) is 9.72 Å². The fourth-order valence-electron chi connectivity index (χ4n) is 1.29. The highest BCUT2D eigenvalue weighted by Gasteiger charge is 2.37. The minimum absolute atomic E-state index is 0.422. The number of halogens is 5. The van der Waals surface area contributed by atoms with E-state index in [1.54, 1.807) is 0 Å². The smallest absolute Gasteiger partial charge is 0.405 e. The number of nitriles is 1. The summed E-state index contributed by atoms with van der Waals surface area (Å²) in [5.41, 5.74) is -2.07. The minimum Gasteiger partial charge on any atom is -0.405 e. The molecule has 0 saturated carbocycles. The monoisotopic (exact) mass is 297 g/mol. The summed E-state index contributed by atoms with van der Waals surface area (Å²) in [5, 5.41) is 19.0. The fraction of sp³-hybridized carbons (Fsp3) is 0.333. The third-order valence-electron chi connectivity index (χ3n) is 1.93. The molecule has 0 aliphatic carbocycles. The van der Waals surface area contributed by atoms with Gasteiger partial charge in [-0.3, -0.25) is 0 Å². The molecule has 0 aliphatic rings. The summed E-state index contributed by atoms with van der Waals surface area (Å²) in [4.78, 5) is 12.3. The first-order chi connectivity index (χ1) is 9.15. The van der Waals surface area contributed by atoms with Crippen LogP contribution in [0.4, 0.5) is 27.8 Å². The third-order valence-corrected chi connectivity index (χ3v) is 1.93. The van der Waals surface area contributed by atoms with Crippen molar-refractivity contribution in [1.29, 1.82) is 5.26 Å². The molecule has 0 aromatic carbocycles. The van der Waals surface area contributed by atoms with Gasteiger partial charge in [0.25, 0.3) is 6.43 Å². The summed E-state index contributed by atoms with van der Waals surface area (Å²) < 4.78 is 65.0. The van der Waals surface area contributed by atoms with Crippen LogP contribution in [0.25, 0.3) is 0 Å². The van der Waals surface area contributed by atoms with Gasteiger partial charge in [-0.05, 0) is 9.91 Å². The Bertz CT molecular complexity index is 567. The molecule has 1 aromatic rings. The van der Waals surface area contributed by atoms with Gasteiger partial charge in [-0.25, -0.2) is 8.78 Å². The largest absolute Gasteiger partial charge is 0.573 e. The second kappa shape index (κ2) is 5.64. The zero-order valence-corrected chi connectivity index (χ0v) is 9.32. The Kier molecular flexibility index (Phi) is 4.38. The summed E-state index contributed by atoms with van der Waals surface area (Å²) in [6.45, 7) is 0. The van der Waals surface area contributed by atoms with Crippen LogP contribution in [0.2, 0.25) is 0 Å². The number of pyridine rings is 1. The molecule has 108 valence electrons. The van der Waals surface area contributed by atoms with Gasteiger partial charge in [0.05, 0.1) is 6.07 Å². The Morgan fingerprint density at radius 3 is 2.50 bits per heavy atom. The lowest BCUT2D eigenvalue weighted by atomic mass is 10.2. The molecule has 0 saturated heterocycles. The first kappa shape index (κ1) is 15.5. The number of hydrogen-bond acceptors (Lipinski definition) is 5. The van der Waals surface area contributed by atoms with E-state index in [1.165, 1.54) is 6.07 Å². The number of nitrogens with zero attached hydrogens (tertiary/aromatic N) is 3. The molecule has 6 nitrogen and oxygen atoms in total. The van der Waals surface area contributed by atoms with Gasteiger partial charge in [-0.1, -0.05) is 0 Å². The molecule has 1 rings (SSSR count). The lowest BCUT2D eigenvalue weighted by Gasteiger charge is -2.12. The molecule has 0 bridgehead atoms. The molecule has 0 atom stereocenters. The second-order valence-electron chi connectivity index (χ2n) is 3.29. The predicted molar refractivity (Wildman–Crippen MR) is 51.8 cm³/mol. The standard InChI is InChI=1S/C9H4F5N3O3/c10-7(11)6-5(20-9(12,13)14)3-4(1-2-15)16-8(6)17(18)19/h3,7H,1H2. The van der Waals surface area contributed by atoms with Gasteiger partial charge in [0.2, 0.25) is 0 Å². The van der Waals surface area contributed by atoms with Gasteiger partial charge >= 0.3 is 12.2 Å². The van der Waals surface area contributed by atoms with Crippen LogP contribution >= 0.6 is 0 Å². The van der Waals surface area contributed by atoms with Crippen molar-refractivity contribution in [2.75, 3.05) is 0 Å². The van der Waals surface area contributed by atoms with Crippen molar-refractivity contribution in [3.05, 3.63) is 27.4 Å². The van der Waals surface area contributed by atoms with Crippen molar-refractivity contribution in [3.63, 3.8) is 0 Å². The molecule has 0 radical (unpaired) electrons. The highest BCUT2D eigenvalue weighted by molar-refractivity contribution is 5.47. The maximum atomic E-state index is 12.7. The van der Waals surface area contributed by atoms with E-state index < -0.39 is 47.0 Å². The molecular formula is C9H4F5N3O3. The zero-order chi connectivity index (χ0) is 15.5. The van der Waals surface area contributed by atoms with E-state index in [0.29, 0.717) is 6.07 Å². The van der Waals surface area contributed by atoms with Crippen molar-refractivity contribution in [3.8, 4) is 11.8 Å². The van der Waals surface area contributed by atoms with Gasteiger partial charge in [-0.15, -0.1) is 13.2 Å². The van der Waals surface area contributed by atoms with Crippen molar-refractivity contribution in [1.82, 2.24) is 4.98 Å². The van der Waals surface area contributed by atoms with E-state index in [4.69, 9.17) is 5.26 Å². The highest BCUT2D eigenvalue weighted by Crippen LogP contribution is 2.38. The zero-order valence-electron chi connectivity index (χ0n) is 9.32. The average Bonchev–Trinajstić information content (AvgIpc) is 2.25. The lowest BCUT2D eigenvalue weighted by molar-refractivity contribution is -0.391. The van der Waals surface area contributed by atoms with Crippen LogP contribution in [0.5, 0.6) is 5.75 Å². The molecular weight excluding hydrogens is 293 g/mol. The Hall–Kier alpha value is -2.51. The Balaban J connectivity index is 3.51. The number of alkyl halides is 5. The SMILES string of the molecule is N#CCc1cc(OC(F)(F)F)c(C(F)F)c([N+](=O)[O-])n1. The van der Waals surface area contributed by atoms with E-state index in [9.17, 15) is 32.1 Å². The molecule has 0 fully saturated rings. The van der Waals surface area contributed by atoms with Crippen molar-refractivity contribution in [2.45, 2.75) is 19.2 Å². The number of nitro groups is 1. The van der Waals surface area contributed by atoms with Crippen molar-refractivity contribution >= 4 is 5.82 Å². The fourth-order valence-corrected chi connectivity index (χ4v) is 1.29. The topological polar surface area (TPSA) is 89.0 Å². The van der Waals surface area contributed by atoms with Crippen LogP contribution in [-0.2, 0) is 6.42 Å². The average molecular weight is 297 g/mol. The predicted octanol–water partition coefficient (Wildman–Crippen LogP) is 2.89. The summed E-state index contributed by atoms with van der Waals surface area (Å²) in [6.07, 6.45) is -9.52. The summed E-state index contributed by atoms with van der Waals surface area (Å²) in [7, 11) is 0. The van der Waals surface area contributed by atoms with Gasteiger partial charge in [-0.2, -0.15) is 5.26 Å². The molecule has 20 heavy (non-hydrogen) atoms. The minimum atomic E-state index is -5.32. The Labute approximate surface area is 107 Å². The molecule has 0 spiro atoms. The maximum Gasteiger partial charge on any atom is 0.573 e. The maximum absolute atomic E-state index is 12.7. The van der Waals surface area contributed by atoms with Crippen LogP contribution in [0.3, 0.4) is 0 Å². The van der Waals surface area contributed by atoms with Crippen LogP contribution in [0, 0.1) is 21.4 Å². The van der Waals surface area contributed by atoms with E-state index in [1.807, 2.05) is 0 Å². The van der Waals surface area contributed by atoms with Gasteiger partial charge in [0, 0.05) is 6.07 Å². The van der Waals surface area contributed by atoms with E-state index >= 15 is 0 Å². The molecule has 0 amide bonds. The highest BCUT2D eigenvalue weighted by atomic mass is 19.4. The first-order valence-electron chi connectivity index (χ1n) is 4.74. The van der Waals surface area contributed by atoms with Gasteiger partial charge < -0.3 is 14.9 Å². The van der Waals surface area contributed by atoms with Crippen molar-refractivity contribution < 1.29 is 31.6 Å². The Morgan fingerprint density at radius 1 is 1.50 bits per heavy atom. The molecule has 1 heterocycles. The molecule has 0 N–H and O–H groups in total. The summed E-state index contributed by atoms with van der Waals surface area (Å²) >= 11 is 0. The summed E-state index contributed by atoms with van der Waals surface area (Å²) in [5.74, 6) is -2.92. The van der Waals surface area contributed by atoms with Crippen molar-refractivity contribution in [2.24, 2.45) is 0 Å².